The van der Waals surface area contributed by atoms with Crippen molar-refractivity contribution in [3.8, 4) is 5.75 Å². The molecule has 2 saturated heterocycles. The maximum absolute atomic E-state index is 13.0. The number of nitrogens with one attached hydrogen (secondary N) is 1. The molecule has 0 radical (unpaired) electrons. The summed E-state index contributed by atoms with van der Waals surface area (Å²) in [4.78, 5) is 14.6. The molecular weight excluding hydrogens is 504 g/mol. The molecule has 7 nitrogen and oxygen atoms in total. The highest BCUT2D eigenvalue weighted by Crippen LogP contribution is 2.29. The number of nitrogens with zero attached hydrogens (tertiary/aromatic N) is 2. The Morgan fingerprint density at radius 2 is 1.59 bits per heavy atom. The van der Waals surface area contributed by atoms with Crippen molar-refractivity contribution < 1.29 is 22.3 Å². The smallest absolute Gasteiger partial charge is 0.304 e. The second-order valence-electron chi connectivity index (χ2n) is 8.50. The predicted octanol–water partition coefficient (Wildman–Crippen LogP) is 4.11. The van der Waals surface area contributed by atoms with Crippen LogP contribution in [0, 0.1) is 5.82 Å². The summed E-state index contributed by atoms with van der Waals surface area (Å²) in [5.74, 6) is -0.563. The molecule has 2 aliphatic rings. The number of halogens is 3. The largest absolute Gasteiger partial charge is 0.490 e. The minimum Gasteiger partial charge on any atom is -0.490 e. The van der Waals surface area contributed by atoms with E-state index in [1.54, 1.807) is 12.1 Å². The van der Waals surface area contributed by atoms with Gasteiger partial charge in [0.1, 0.15) is 17.7 Å². The standard InChI is InChI=1S/C23H26Cl2FN3O4S/c24-21-6-5-20(15-22(21)25)33-19-9-11-28(12-10-19)18-7-13-29(14-8-18)34(31,32)27-23(30)16-1-3-17(26)4-2-16/h1-6,15,18-19H,7-14H2,(H,27,30). The van der Waals surface area contributed by atoms with E-state index in [1.165, 1.54) is 16.4 Å². The quantitative estimate of drug-likeness (QED) is 0.608. The SMILES string of the molecule is O=C(NS(=O)(=O)N1CCC(N2CCC(Oc3ccc(Cl)c(Cl)c3)CC2)CC1)c1ccc(F)cc1. The van der Waals surface area contributed by atoms with Crippen LogP contribution < -0.4 is 9.46 Å². The van der Waals surface area contributed by atoms with E-state index in [0.29, 0.717) is 41.7 Å². The van der Waals surface area contributed by atoms with E-state index in [1.807, 2.05) is 6.07 Å². The van der Waals surface area contributed by atoms with Crippen molar-refractivity contribution in [1.82, 2.24) is 13.9 Å². The molecule has 0 atom stereocenters. The number of piperidine rings is 2. The molecule has 0 spiro atoms. The minimum absolute atomic E-state index is 0.0887. The molecule has 0 aromatic heterocycles. The van der Waals surface area contributed by atoms with Crippen molar-refractivity contribution in [3.63, 3.8) is 0 Å². The first-order valence-electron chi connectivity index (χ1n) is 11.1. The zero-order valence-electron chi connectivity index (χ0n) is 18.4. The summed E-state index contributed by atoms with van der Waals surface area (Å²) in [7, 11) is -3.96. The first-order chi connectivity index (χ1) is 16.2. The van der Waals surface area contributed by atoms with E-state index in [9.17, 15) is 17.6 Å². The lowest BCUT2D eigenvalue weighted by atomic mass is 10.00. The molecule has 4 rings (SSSR count). The van der Waals surface area contributed by atoms with Gasteiger partial charge >= 0.3 is 10.2 Å². The van der Waals surface area contributed by atoms with E-state index in [0.717, 1.165) is 38.1 Å². The van der Waals surface area contributed by atoms with Crippen LogP contribution in [0.15, 0.2) is 42.5 Å². The van der Waals surface area contributed by atoms with Gasteiger partial charge < -0.3 is 9.64 Å². The number of amides is 1. The highest BCUT2D eigenvalue weighted by molar-refractivity contribution is 7.87. The fourth-order valence-corrected chi connectivity index (χ4v) is 5.85. The van der Waals surface area contributed by atoms with Crippen molar-refractivity contribution in [1.29, 1.82) is 0 Å². The Hall–Kier alpha value is -1.91. The zero-order valence-corrected chi connectivity index (χ0v) is 20.8. The van der Waals surface area contributed by atoms with Crippen LogP contribution >= 0.6 is 23.2 Å². The number of hydrogen-bond acceptors (Lipinski definition) is 5. The molecule has 2 aromatic carbocycles. The molecule has 1 N–H and O–H groups in total. The summed E-state index contributed by atoms with van der Waals surface area (Å²) in [6.07, 6.45) is 3.20. The maximum atomic E-state index is 13.0. The van der Waals surface area contributed by atoms with Gasteiger partial charge in [-0.05, 0) is 62.1 Å². The summed E-state index contributed by atoms with van der Waals surface area (Å²) >= 11 is 12.0. The maximum Gasteiger partial charge on any atom is 0.304 e. The minimum atomic E-state index is -3.96. The van der Waals surface area contributed by atoms with E-state index >= 15 is 0 Å². The molecule has 0 unspecified atom stereocenters. The molecule has 2 aromatic rings. The Labute approximate surface area is 209 Å². The molecule has 2 aliphatic heterocycles. The lowest BCUT2D eigenvalue weighted by Crippen LogP contribution is -2.52. The highest BCUT2D eigenvalue weighted by Gasteiger charge is 2.33. The van der Waals surface area contributed by atoms with Crippen LogP contribution in [0.25, 0.3) is 0 Å². The molecule has 11 heteroatoms. The number of carbonyl (C=O) groups excluding carboxylic acids is 1. The molecule has 0 saturated carbocycles. The van der Waals surface area contributed by atoms with Crippen molar-refractivity contribution in [3.05, 3.63) is 63.9 Å². The van der Waals surface area contributed by atoms with E-state index in [2.05, 4.69) is 9.62 Å². The van der Waals surface area contributed by atoms with E-state index in [4.69, 9.17) is 27.9 Å². The summed E-state index contributed by atoms with van der Waals surface area (Å²) in [6, 6.07) is 10.3. The van der Waals surface area contributed by atoms with Gasteiger partial charge in [-0.2, -0.15) is 12.7 Å². The molecule has 34 heavy (non-hydrogen) atoms. The van der Waals surface area contributed by atoms with Crippen molar-refractivity contribution in [2.75, 3.05) is 26.2 Å². The van der Waals surface area contributed by atoms with Crippen LogP contribution in [0.4, 0.5) is 4.39 Å². The van der Waals surface area contributed by atoms with Crippen LogP contribution in [0.1, 0.15) is 36.0 Å². The lowest BCUT2D eigenvalue weighted by Gasteiger charge is -2.41. The normalized spacial score (nSPS) is 19.1. The Kier molecular flexibility index (Phi) is 7.99. The Balaban J connectivity index is 1.24. The predicted molar refractivity (Wildman–Crippen MR) is 129 cm³/mol. The third kappa shape index (κ3) is 6.20. The molecule has 1 amide bonds. The third-order valence-corrected chi connectivity index (χ3v) is 8.51. The average Bonchev–Trinajstić information content (AvgIpc) is 2.82. The van der Waals surface area contributed by atoms with Crippen molar-refractivity contribution >= 4 is 39.3 Å². The summed E-state index contributed by atoms with van der Waals surface area (Å²) in [5.41, 5.74) is 0.0887. The second kappa shape index (κ2) is 10.8. The van der Waals surface area contributed by atoms with E-state index in [-0.39, 0.29) is 17.7 Å². The molecule has 0 bridgehead atoms. The highest BCUT2D eigenvalue weighted by atomic mass is 35.5. The average molecular weight is 530 g/mol. The van der Waals surface area contributed by atoms with Crippen LogP contribution in [-0.2, 0) is 10.2 Å². The van der Waals surface area contributed by atoms with Crippen LogP contribution in [0.3, 0.4) is 0 Å². The third-order valence-electron chi connectivity index (χ3n) is 6.28. The Morgan fingerprint density at radius 3 is 2.21 bits per heavy atom. The number of ether oxygens (including phenoxy) is 1. The number of likely N-dealkylation sites (tertiary alicyclic amines) is 1. The molecule has 2 heterocycles. The Bertz CT molecular complexity index is 1120. The van der Waals surface area contributed by atoms with Gasteiger partial charge in [-0.3, -0.25) is 4.79 Å². The van der Waals surface area contributed by atoms with Crippen LogP contribution in [-0.4, -0.2) is 61.9 Å². The van der Waals surface area contributed by atoms with Gasteiger partial charge in [-0.15, -0.1) is 0 Å². The van der Waals surface area contributed by atoms with Gasteiger partial charge in [0, 0.05) is 43.9 Å². The topological polar surface area (TPSA) is 79.0 Å². The van der Waals surface area contributed by atoms with Gasteiger partial charge in [0.2, 0.25) is 0 Å². The molecule has 2 fully saturated rings. The van der Waals surface area contributed by atoms with Gasteiger partial charge in [0.05, 0.1) is 10.0 Å². The zero-order chi connectivity index (χ0) is 24.3. The van der Waals surface area contributed by atoms with Crippen LogP contribution in [0.5, 0.6) is 5.75 Å². The monoisotopic (exact) mass is 529 g/mol. The van der Waals surface area contributed by atoms with E-state index < -0.39 is 21.9 Å². The van der Waals surface area contributed by atoms with Crippen molar-refractivity contribution in [2.45, 2.75) is 37.8 Å². The van der Waals surface area contributed by atoms with Crippen molar-refractivity contribution in [2.24, 2.45) is 0 Å². The van der Waals surface area contributed by atoms with Gasteiger partial charge in [-0.1, -0.05) is 23.2 Å². The molecule has 184 valence electrons. The molecule has 0 aliphatic carbocycles. The summed E-state index contributed by atoms with van der Waals surface area (Å²) < 4.78 is 47.8. The molecular formula is C23H26Cl2FN3O4S. The second-order valence-corrected chi connectivity index (χ2v) is 11.0. The lowest BCUT2D eigenvalue weighted by molar-refractivity contribution is 0.0584. The number of benzene rings is 2. The summed E-state index contributed by atoms with van der Waals surface area (Å²) in [6.45, 7) is 2.39. The first-order valence-corrected chi connectivity index (χ1v) is 13.3. The van der Waals surface area contributed by atoms with Gasteiger partial charge in [0.15, 0.2) is 0 Å². The van der Waals surface area contributed by atoms with Gasteiger partial charge in [-0.25, -0.2) is 9.11 Å². The van der Waals surface area contributed by atoms with Gasteiger partial charge in [0.25, 0.3) is 5.91 Å². The fraction of sp³-hybridized carbons (Fsp3) is 0.435. The number of rotatable bonds is 6. The Morgan fingerprint density at radius 1 is 0.941 bits per heavy atom. The number of hydrogen-bond donors (Lipinski definition) is 1. The van der Waals surface area contributed by atoms with Crippen LogP contribution in [0.2, 0.25) is 10.0 Å². The fourth-order valence-electron chi connectivity index (χ4n) is 4.39. The first kappa shape index (κ1) is 25.2. The number of carbonyl (C=O) groups is 1. The summed E-state index contributed by atoms with van der Waals surface area (Å²) in [5, 5.41) is 0.958.